The van der Waals surface area contributed by atoms with Crippen molar-refractivity contribution in [2.24, 2.45) is 0 Å². The molecule has 0 aliphatic carbocycles. The third-order valence-corrected chi connectivity index (χ3v) is 3.75. The van der Waals surface area contributed by atoms with E-state index in [-0.39, 0.29) is 5.56 Å². The van der Waals surface area contributed by atoms with Crippen molar-refractivity contribution in [2.75, 3.05) is 13.2 Å². The fourth-order valence-corrected chi connectivity index (χ4v) is 2.81. The van der Waals surface area contributed by atoms with Crippen molar-refractivity contribution in [1.29, 1.82) is 0 Å². The molecule has 0 aliphatic heterocycles. The second-order valence-corrected chi connectivity index (χ2v) is 5.24. The van der Waals surface area contributed by atoms with Gasteiger partial charge < -0.3 is 19.0 Å². The van der Waals surface area contributed by atoms with E-state index in [2.05, 4.69) is 0 Å². The molecule has 5 nitrogen and oxygen atoms in total. The number of aromatic nitrogens is 1. The highest BCUT2D eigenvalue weighted by atomic mass is 16.5. The molecule has 24 heavy (non-hydrogen) atoms. The number of hydrogen-bond donors (Lipinski definition) is 1. The predicted molar refractivity (Wildman–Crippen MR) is 92.1 cm³/mol. The van der Waals surface area contributed by atoms with Gasteiger partial charge in [0.25, 0.3) is 0 Å². The number of carboxylic acid groups (broad SMARTS) is 1. The van der Waals surface area contributed by atoms with E-state index in [1.54, 1.807) is 12.1 Å². The maximum absolute atomic E-state index is 11.8. The summed E-state index contributed by atoms with van der Waals surface area (Å²) in [6, 6.07) is 11.0. The van der Waals surface area contributed by atoms with Gasteiger partial charge in [0.2, 0.25) is 0 Å². The van der Waals surface area contributed by atoms with E-state index in [1.165, 1.54) is 0 Å². The highest BCUT2D eigenvalue weighted by Crippen LogP contribution is 2.37. The molecule has 3 aromatic rings. The van der Waals surface area contributed by atoms with Crippen LogP contribution in [0, 0.1) is 0 Å². The molecule has 2 aromatic heterocycles. The lowest BCUT2D eigenvalue weighted by molar-refractivity contribution is 0.0700. The number of carbonyl (C=O) groups is 1. The van der Waals surface area contributed by atoms with Crippen LogP contribution < -0.4 is 9.47 Å². The van der Waals surface area contributed by atoms with Gasteiger partial charge in [0.1, 0.15) is 11.5 Å². The second kappa shape index (κ2) is 6.66. The average Bonchev–Trinajstić information content (AvgIpc) is 2.95. The van der Waals surface area contributed by atoms with Crippen LogP contribution in [-0.4, -0.2) is 28.7 Å². The first-order valence-electron chi connectivity index (χ1n) is 7.88. The Balaban J connectivity index is 2.23. The van der Waals surface area contributed by atoms with Crippen LogP contribution >= 0.6 is 0 Å². The number of hydrogen-bond acceptors (Lipinski definition) is 3. The van der Waals surface area contributed by atoms with Crippen molar-refractivity contribution < 1.29 is 19.4 Å². The summed E-state index contributed by atoms with van der Waals surface area (Å²) >= 11 is 0. The van der Waals surface area contributed by atoms with Gasteiger partial charge >= 0.3 is 5.97 Å². The lowest BCUT2D eigenvalue weighted by atomic mass is 10.0. The van der Waals surface area contributed by atoms with Crippen LogP contribution in [0.4, 0.5) is 0 Å². The number of ether oxygens (including phenoxy) is 2. The van der Waals surface area contributed by atoms with E-state index in [1.807, 2.05) is 54.9 Å². The minimum Gasteiger partial charge on any atom is -0.494 e. The number of fused-ring (bicyclic) bond motifs is 1. The molecule has 0 radical (unpaired) electrons. The molecule has 2 heterocycles. The summed E-state index contributed by atoms with van der Waals surface area (Å²) in [5.41, 5.74) is 2.28. The Morgan fingerprint density at radius 3 is 2.58 bits per heavy atom. The number of nitrogens with zero attached hydrogens (tertiary/aromatic N) is 1. The third kappa shape index (κ3) is 2.80. The van der Waals surface area contributed by atoms with E-state index in [0.717, 1.165) is 5.56 Å². The standard InChI is InChI=1S/C19H19NO4/c1-3-23-13-8-9-14(17(11-13)24-4-2)15-12-20-10-6-5-7-16(20)18(15)19(21)22/h5-12H,3-4H2,1-2H3,(H,21,22). The average molecular weight is 325 g/mol. The van der Waals surface area contributed by atoms with Gasteiger partial charge in [-0.15, -0.1) is 0 Å². The summed E-state index contributed by atoms with van der Waals surface area (Å²) in [6.45, 7) is 4.85. The van der Waals surface area contributed by atoms with Gasteiger partial charge in [-0.1, -0.05) is 6.07 Å². The van der Waals surface area contributed by atoms with Crippen LogP contribution in [0.5, 0.6) is 11.5 Å². The molecule has 0 saturated heterocycles. The SMILES string of the molecule is CCOc1ccc(-c2cn3ccccc3c2C(=O)O)c(OCC)c1. The lowest BCUT2D eigenvalue weighted by Crippen LogP contribution is -2.00. The van der Waals surface area contributed by atoms with E-state index < -0.39 is 5.97 Å². The van der Waals surface area contributed by atoms with E-state index in [9.17, 15) is 9.90 Å². The van der Waals surface area contributed by atoms with Gasteiger partial charge in [-0.05, 0) is 38.1 Å². The topological polar surface area (TPSA) is 60.2 Å². The molecule has 0 saturated carbocycles. The zero-order valence-electron chi connectivity index (χ0n) is 13.7. The lowest BCUT2D eigenvalue weighted by Gasteiger charge is -2.12. The molecule has 0 unspecified atom stereocenters. The highest BCUT2D eigenvalue weighted by Gasteiger charge is 2.21. The Morgan fingerprint density at radius 2 is 1.88 bits per heavy atom. The maximum atomic E-state index is 11.8. The number of carboxylic acids is 1. The Kier molecular flexibility index (Phi) is 4.42. The highest BCUT2D eigenvalue weighted by molar-refractivity contribution is 6.04. The van der Waals surface area contributed by atoms with E-state index in [4.69, 9.17) is 9.47 Å². The summed E-state index contributed by atoms with van der Waals surface area (Å²) in [5, 5.41) is 9.69. The summed E-state index contributed by atoms with van der Waals surface area (Å²) in [5.74, 6) is 0.349. The zero-order valence-corrected chi connectivity index (χ0v) is 13.7. The van der Waals surface area contributed by atoms with Crippen molar-refractivity contribution in [1.82, 2.24) is 4.40 Å². The second-order valence-electron chi connectivity index (χ2n) is 5.24. The van der Waals surface area contributed by atoms with Crippen LogP contribution in [0.15, 0.2) is 48.8 Å². The first-order valence-corrected chi connectivity index (χ1v) is 7.88. The van der Waals surface area contributed by atoms with Crippen molar-refractivity contribution in [2.45, 2.75) is 13.8 Å². The van der Waals surface area contributed by atoms with E-state index in [0.29, 0.717) is 35.8 Å². The fraction of sp³-hybridized carbons (Fsp3) is 0.211. The maximum Gasteiger partial charge on any atom is 0.338 e. The normalized spacial score (nSPS) is 10.8. The van der Waals surface area contributed by atoms with Crippen molar-refractivity contribution in [3.63, 3.8) is 0 Å². The van der Waals surface area contributed by atoms with Gasteiger partial charge in [-0.25, -0.2) is 4.79 Å². The van der Waals surface area contributed by atoms with Gasteiger partial charge in [0.15, 0.2) is 0 Å². The Morgan fingerprint density at radius 1 is 1.08 bits per heavy atom. The fourth-order valence-electron chi connectivity index (χ4n) is 2.81. The summed E-state index contributed by atoms with van der Waals surface area (Å²) in [6.07, 6.45) is 3.65. The third-order valence-electron chi connectivity index (χ3n) is 3.75. The molecule has 0 amide bonds. The molecule has 124 valence electrons. The van der Waals surface area contributed by atoms with Crippen LogP contribution in [0.3, 0.4) is 0 Å². The molecule has 1 aromatic carbocycles. The van der Waals surface area contributed by atoms with E-state index >= 15 is 0 Å². The Hall–Kier alpha value is -2.95. The van der Waals surface area contributed by atoms with Gasteiger partial charge in [0, 0.05) is 29.6 Å². The quantitative estimate of drug-likeness (QED) is 0.741. The first kappa shape index (κ1) is 15.9. The minimum absolute atomic E-state index is 0.265. The monoisotopic (exact) mass is 325 g/mol. The Labute approximate surface area is 140 Å². The molecule has 0 aliphatic rings. The van der Waals surface area contributed by atoms with Gasteiger partial charge in [-0.2, -0.15) is 0 Å². The number of rotatable bonds is 6. The van der Waals surface area contributed by atoms with Crippen molar-refractivity contribution in [3.8, 4) is 22.6 Å². The first-order chi connectivity index (χ1) is 11.7. The largest absolute Gasteiger partial charge is 0.494 e. The van der Waals surface area contributed by atoms with Crippen LogP contribution in [0.25, 0.3) is 16.6 Å². The van der Waals surface area contributed by atoms with Crippen LogP contribution in [0.1, 0.15) is 24.2 Å². The number of pyridine rings is 1. The summed E-state index contributed by atoms with van der Waals surface area (Å²) < 4.78 is 13.1. The van der Waals surface area contributed by atoms with Crippen LogP contribution in [0.2, 0.25) is 0 Å². The van der Waals surface area contributed by atoms with Crippen LogP contribution in [-0.2, 0) is 0 Å². The molecule has 0 atom stereocenters. The molecular weight excluding hydrogens is 306 g/mol. The molecule has 1 N–H and O–H groups in total. The molecule has 0 fully saturated rings. The smallest absolute Gasteiger partial charge is 0.338 e. The predicted octanol–water partition coefficient (Wildman–Crippen LogP) is 4.10. The van der Waals surface area contributed by atoms with Crippen molar-refractivity contribution >= 4 is 11.5 Å². The molecular formula is C19H19NO4. The number of aromatic carboxylic acids is 1. The van der Waals surface area contributed by atoms with Gasteiger partial charge in [0.05, 0.1) is 24.3 Å². The van der Waals surface area contributed by atoms with Crippen molar-refractivity contribution in [3.05, 3.63) is 54.4 Å². The molecule has 0 bridgehead atoms. The molecule has 0 spiro atoms. The Bertz CT molecular complexity index is 882. The molecule has 5 heteroatoms. The molecule has 3 rings (SSSR count). The summed E-state index contributed by atoms with van der Waals surface area (Å²) in [7, 11) is 0. The zero-order chi connectivity index (χ0) is 17.1. The summed E-state index contributed by atoms with van der Waals surface area (Å²) in [4.78, 5) is 11.8. The minimum atomic E-state index is -0.963. The van der Waals surface area contributed by atoms with Gasteiger partial charge in [-0.3, -0.25) is 0 Å². The number of benzene rings is 1.